The average molecular weight is 576 g/mol. The summed E-state index contributed by atoms with van der Waals surface area (Å²) >= 11 is 0. The lowest BCUT2D eigenvalue weighted by Crippen LogP contribution is -2.48. The average Bonchev–Trinajstić information content (AvgIpc) is 2.98. The Balaban J connectivity index is 3.86. The smallest absolute Gasteiger partial charge is 0.249 e. The van der Waals surface area contributed by atoms with Gasteiger partial charge in [-0.25, -0.2) is 0 Å². The van der Waals surface area contributed by atoms with Crippen LogP contribution in [0.1, 0.15) is 149 Å². The van der Waals surface area contributed by atoms with Crippen molar-refractivity contribution < 1.29 is 20.1 Å². The lowest BCUT2D eigenvalue weighted by atomic mass is 10.0. The number of aliphatic hydroxyl groups is 3. The van der Waals surface area contributed by atoms with Gasteiger partial charge in [-0.3, -0.25) is 4.79 Å². The largest absolute Gasteiger partial charge is 0.394 e. The molecule has 0 fully saturated rings. The molecule has 3 atom stereocenters. The summed E-state index contributed by atoms with van der Waals surface area (Å²) in [6, 6.07) is -0.817. The van der Waals surface area contributed by atoms with Crippen molar-refractivity contribution in [2.45, 2.75) is 167 Å². The van der Waals surface area contributed by atoms with E-state index in [1.807, 2.05) is 6.08 Å². The number of hydrogen-bond donors (Lipinski definition) is 4. The number of nitrogens with one attached hydrogen (secondary N) is 1. The van der Waals surface area contributed by atoms with Gasteiger partial charge in [0.05, 0.1) is 18.8 Å². The van der Waals surface area contributed by atoms with E-state index in [1.54, 1.807) is 6.08 Å². The fraction of sp³-hybridized carbons (Fsp3) is 0.750. The van der Waals surface area contributed by atoms with E-state index in [4.69, 9.17) is 0 Å². The number of amides is 1. The summed E-state index contributed by atoms with van der Waals surface area (Å²) in [6.07, 6.45) is 38.3. The van der Waals surface area contributed by atoms with E-state index >= 15 is 0 Å². The number of carbonyl (C=O) groups is 1. The van der Waals surface area contributed by atoms with E-state index < -0.39 is 24.2 Å². The summed E-state index contributed by atoms with van der Waals surface area (Å²) in [6.45, 7) is 4.08. The highest BCUT2D eigenvalue weighted by molar-refractivity contribution is 5.80. The topological polar surface area (TPSA) is 89.8 Å². The van der Waals surface area contributed by atoms with Crippen LogP contribution in [0.4, 0.5) is 0 Å². The third-order valence-electron chi connectivity index (χ3n) is 7.39. The van der Waals surface area contributed by atoms with Gasteiger partial charge in [-0.1, -0.05) is 133 Å². The van der Waals surface area contributed by atoms with Crippen LogP contribution >= 0.6 is 0 Å². The minimum Gasteiger partial charge on any atom is -0.394 e. The monoisotopic (exact) mass is 575 g/mol. The van der Waals surface area contributed by atoms with Gasteiger partial charge in [-0.05, 0) is 64.2 Å². The Morgan fingerprint density at radius 2 is 1.07 bits per heavy atom. The molecule has 0 rings (SSSR count). The van der Waals surface area contributed by atoms with Crippen LogP contribution < -0.4 is 5.32 Å². The van der Waals surface area contributed by atoms with Crippen LogP contribution in [0.5, 0.6) is 0 Å². The van der Waals surface area contributed by atoms with Crippen LogP contribution in [0.25, 0.3) is 0 Å². The number of aliphatic hydroxyl groups excluding tert-OH is 3. The molecule has 4 N–H and O–H groups in total. The highest BCUT2D eigenvalue weighted by Crippen LogP contribution is 2.11. The molecule has 3 unspecified atom stereocenters. The molecule has 0 aromatic rings. The van der Waals surface area contributed by atoms with Crippen LogP contribution in [0.3, 0.4) is 0 Å². The molecule has 0 aliphatic heterocycles. The Kier molecular flexibility index (Phi) is 30.0. The molecule has 1 amide bonds. The van der Waals surface area contributed by atoms with E-state index in [9.17, 15) is 20.1 Å². The van der Waals surface area contributed by atoms with Crippen LogP contribution in [-0.2, 0) is 4.79 Å². The Bertz CT molecular complexity index is 685. The van der Waals surface area contributed by atoms with Gasteiger partial charge in [0, 0.05) is 0 Å². The Morgan fingerprint density at radius 3 is 1.68 bits per heavy atom. The molecule has 5 heteroatoms. The van der Waals surface area contributed by atoms with Gasteiger partial charge in [0.2, 0.25) is 5.91 Å². The van der Waals surface area contributed by atoms with Crippen LogP contribution in [0.2, 0.25) is 0 Å². The Hall–Kier alpha value is -1.69. The molecular weight excluding hydrogens is 510 g/mol. The maximum atomic E-state index is 12.3. The Morgan fingerprint density at radius 1 is 0.610 bits per heavy atom. The van der Waals surface area contributed by atoms with E-state index in [0.29, 0.717) is 6.42 Å². The Labute approximate surface area is 253 Å². The molecule has 0 aromatic heterocycles. The number of rotatable bonds is 29. The molecule has 0 aliphatic carbocycles. The van der Waals surface area contributed by atoms with Crippen molar-refractivity contribution in [2.24, 2.45) is 0 Å². The van der Waals surface area contributed by atoms with Gasteiger partial charge in [0.15, 0.2) is 0 Å². The second kappa shape index (κ2) is 31.3. The predicted molar refractivity (Wildman–Crippen MR) is 176 cm³/mol. The quantitative estimate of drug-likeness (QED) is 0.0531. The summed E-state index contributed by atoms with van der Waals surface area (Å²) in [5.41, 5.74) is 0. The zero-order valence-electron chi connectivity index (χ0n) is 26.7. The molecule has 0 spiro atoms. The van der Waals surface area contributed by atoms with E-state index in [-0.39, 0.29) is 6.61 Å². The second-order valence-corrected chi connectivity index (χ2v) is 11.4. The third-order valence-corrected chi connectivity index (χ3v) is 7.39. The first-order valence-corrected chi connectivity index (χ1v) is 17.0. The molecule has 0 saturated carbocycles. The number of carbonyl (C=O) groups excluding carboxylic acids is 1. The van der Waals surface area contributed by atoms with Crippen LogP contribution in [-0.4, -0.2) is 46.1 Å². The van der Waals surface area contributed by atoms with E-state index in [1.165, 1.54) is 77.0 Å². The van der Waals surface area contributed by atoms with Crippen molar-refractivity contribution in [3.63, 3.8) is 0 Å². The lowest BCUT2D eigenvalue weighted by Gasteiger charge is -2.21. The third kappa shape index (κ3) is 26.9. The second-order valence-electron chi connectivity index (χ2n) is 11.4. The SMILES string of the molecule is CCCCC/C=C\C/C=C\CCCCCCCCC(O)C(=O)NC(CO)C(O)/C=C/CC/C=C/CCCCCCC. The first-order chi connectivity index (χ1) is 20.1. The van der Waals surface area contributed by atoms with Crippen LogP contribution in [0.15, 0.2) is 48.6 Å². The van der Waals surface area contributed by atoms with Gasteiger partial charge in [0.25, 0.3) is 0 Å². The molecule has 0 aromatic carbocycles. The zero-order valence-corrected chi connectivity index (χ0v) is 26.7. The molecule has 0 radical (unpaired) electrons. The van der Waals surface area contributed by atoms with E-state index in [2.05, 4.69) is 55.6 Å². The normalized spacial score (nSPS) is 14.6. The van der Waals surface area contributed by atoms with Crippen molar-refractivity contribution in [2.75, 3.05) is 6.61 Å². The zero-order chi connectivity index (χ0) is 30.2. The van der Waals surface area contributed by atoms with Crippen molar-refractivity contribution in [3.8, 4) is 0 Å². The highest BCUT2D eigenvalue weighted by Gasteiger charge is 2.22. The number of allylic oxidation sites excluding steroid dienone is 7. The molecular formula is C36H65NO4. The highest BCUT2D eigenvalue weighted by atomic mass is 16.3. The van der Waals surface area contributed by atoms with Crippen molar-refractivity contribution in [1.29, 1.82) is 0 Å². The molecule has 5 nitrogen and oxygen atoms in total. The summed E-state index contributed by atoms with van der Waals surface area (Å²) in [4.78, 5) is 12.3. The predicted octanol–water partition coefficient (Wildman–Crippen LogP) is 8.64. The van der Waals surface area contributed by atoms with Crippen LogP contribution in [0, 0.1) is 0 Å². The minimum atomic E-state index is -1.11. The summed E-state index contributed by atoms with van der Waals surface area (Å²) < 4.78 is 0. The first-order valence-electron chi connectivity index (χ1n) is 17.0. The fourth-order valence-corrected chi connectivity index (χ4v) is 4.64. The van der Waals surface area contributed by atoms with Gasteiger partial charge in [-0.2, -0.15) is 0 Å². The van der Waals surface area contributed by atoms with Crippen molar-refractivity contribution in [3.05, 3.63) is 48.6 Å². The van der Waals surface area contributed by atoms with Gasteiger partial charge >= 0.3 is 0 Å². The minimum absolute atomic E-state index is 0.382. The molecule has 0 heterocycles. The molecule has 0 aliphatic rings. The molecule has 238 valence electrons. The number of unbranched alkanes of at least 4 members (excludes halogenated alkanes) is 15. The standard InChI is InChI=1S/C36H65NO4/c1-3-5-7-9-11-13-15-16-17-18-19-21-23-25-27-29-31-35(40)36(41)37-33(32-38)34(39)30-28-26-24-22-20-14-12-10-8-6-4-2/h11,13,16-17,20,22,28,30,33-35,38-40H,3-10,12,14-15,18-19,21,23-27,29,31-32H2,1-2H3,(H,37,41)/b13-11-,17-16-,22-20+,30-28+. The molecule has 41 heavy (non-hydrogen) atoms. The maximum absolute atomic E-state index is 12.3. The van der Waals surface area contributed by atoms with Crippen molar-refractivity contribution in [1.82, 2.24) is 5.32 Å². The number of hydrogen-bond acceptors (Lipinski definition) is 4. The summed E-state index contributed by atoms with van der Waals surface area (Å²) in [5.74, 6) is -0.527. The summed E-state index contributed by atoms with van der Waals surface area (Å²) in [7, 11) is 0. The summed E-state index contributed by atoms with van der Waals surface area (Å²) in [5, 5.41) is 32.8. The van der Waals surface area contributed by atoms with Gasteiger partial charge < -0.3 is 20.6 Å². The molecule has 0 bridgehead atoms. The van der Waals surface area contributed by atoms with Gasteiger partial charge in [0.1, 0.15) is 6.10 Å². The van der Waals surface area contributed by atoms with E-state index in [0.717, 1.165) is 51.4 Å². The lowest BCUT2D eigenvalue weighted by molar-refractivity contribution is -0.131. The fourth-order valence-electron chi connectivity index (χ4n) is 4.64. The van der Waals surface area contributed by atoms with Gasteiger partial charge in [-0.15, -0.1) is 0 Å². The first kappa shape index (κ1) is 39.3. The maximum Gasteiger partial charge on any atom is 0.249 e. The van der Waals surface area contributed by atoms with Crippen molar-refractivity contribution >= 4 is 5.91 Å². The molecule has 0 saturated heterocycles.